The molecule has 0 aliphatic carbocycles. The van der Waals surface area contributed by atoms with Crippen LogP contribution in [-0.2, 0) is 14.8 Å². The first-order chi connectivity index (χ1) is 12.5. The average molecular weight is 382 g/mol. The van der Waals surface area contributed by atoms with Gasteiger partial charge in [0, 0.05) is 57.7 Å². The van der Waals surface area contributed by atoms with Gasteiger partial charge in [-0.25, -0.2) is 13.1 Å². The largest absolute Gasteiger partial charge is 0.381 e. The predicted octanol–water partition coefficient (Wildman–Crippen LogP) is 1.54. The molecule has 0 amide bonds. The Bertz CT molecular complexity index is 639. The number of piperazine rings is 1. The zero-order valence-corrected chi connectivity index (χ0v) is 16.5. The van der Waals surface area contributed by atoms with E-state index < -0.39 is 10.0 Å². The second-order valence-electron chi connectivity index (χ2n) is 7.39. The van der Waals surface area contributed by atoms with Gasteiger partial charge in [0.2, 0.25) is 10.0 Å². The Kier molecular flexibility index (Phi) is 6.92. The van der Waals surface area contributed by atoms with Crippen molar-refractivity contribution >= 4 is 15.7 Å². The first kappa shape index (κ1) is 19.6. The average Bonchev–Trinajstić information content (AvgIpc) is 2.67. The number of hydrogen-bond acceptors (Lipinski definition) is 5. The third-order valence-corrected chi connectivity index (χ3v) is 6.97. The molecule has 2 fully saturated rings. The van der Waals surface area contributed by atoms with Crippen molar-refractivity contribution in [2.45, 2.75) is 25.8 Å². The van der Waals surface area contributed by atoms with Crippen molar-refractivity contribution in [1.82, 2.24) is 9.62 Å². The molecule has 26 heavy (non-hydrogen) atoms. The molecule has 2 aliphatic rings. The molecule has 1 aromatic carbocycles. The van der Waals surface area contributed by atoms with Gasteiger partial charge < -0.3 is 9.64 Å². The van der Waals surface area contributed by atoms with E-state index in [4.69, 9.17) is 4.74 Å². The monoisotopic (exact) mass is 381 g/mol. The maximum absolute atomic E-state index is 12.3. The van der Waals surface area contributed by atoms with E-state index in [-0.39, 0.29) is 17.7 Å². The van der Waals surface area contributed by atoms with Gasteiger partial charge in [-0.15, -0.1) is 0 Å². The van der Waals surface area contributed by atoms with E-state index >= 15 is 0 Å². The number of nitrogens with one attached hydrogen (secondary N) is 1. The van der Waals surface area contributed by atoms with Crippen molar-refractivity contribution in [3.63, 3.8) is 0 Å². The lowest BCUT2D eigenvalue weighted by molar-refractivity contribution is 0.0723. The zero-order valence-electron chi connectivity index (χ0n) is 15.6. The second kappa shape index (κ2) is 9.17. The van der Waals surface area contributed by atoms with Crippen LogP contribution in [0.1, 0.15) is 19.8 Å². The molecule has 0 radical (unpaired) electrons. The third-order valence-electron chi connectivity index (χ3n) is 5.45. The van der Waals surface area contributed by atoms with Crippen molar-refractivity contribution < 1.29 is 13.2 Å². The molecule has 1 aromatic rings. The van der Waals surface area contributed by atoms with Crippen LogP contribution in [0, 0.1) is 5.92 Å². The summed E-state index contributed by atoms with van der Waals surface area (Å²) < 4.78 is 32.8. The summed E-state index contributed by atoms with van der Waals surface area (Å²) in [5.41, 5.74) is 1.26. The maximum atomic E-state index is 12.3. The van der Waals surface area contributed by atoms with Gasteiger partial charge in [-0.05, 0) is 37.8 Å². The van der Waals surface area contributed by atoms with E-state index in [1.54, 1.807) is 0 Å². The molecular weight excluding hydrogens is 350 g/mol. The Balaban J connectivity index is 1.41. The lowest BCUT2D eigenvalue weighted by atomic mass is 10.0. The van der Waals surface area contributed by atoms with Gasteiger partial charge in [-0.3, -0.25) is 4.90 Å². The highest BCUT2D eigenvalue weighted by atomic mass is 32.2. The van der Waals surface area contributed by atoms with E-state index in [2.05, 4.69) is 45.7 Å². The first-order valence-corrected chi connectivity index (χ1v) is 11.3. The third kappa shape index (κ3) is 5.67. The molecule has 2 saturated heterocycles. The molecule has 1 atom stereocenters. The predicted molar refractivity (Wildman–Crippen MR) is 105 cm³/mol. The molecule has 3 rings (SSSR count). The molecule has 0 spiro atoms. The van der Waals surface area contributed by atoms with E-state index in [9.17, 15) is 8.42 Å². The number of para-hydroxylation sites is 1. The number of hydrogen-bond donors (Lipinski definition) is 1. The number of anilines is 1. The Labute approximate surface area is 157 Å². The molecule has 0 saturated carbocycles. The van der Waals surface area contributed by atoms with Gasteiger partial charge in [0.1, 0.15) is 0 Å². The summed E-state index contributed by atoms with van der Waals surface area (Å²) in [6.07, 6.45) is 1.69. The minimum atomic E-state index is -3.21. The number of sulfonamides is 1. The summed E-state index contributed by atoms with van der Waals surface area (Å²) in [5, 5.41) is 0. The van der Waals surface area contributed by atoms with Crippen LogP contribution in [-0.4, -0.2) is 71.0 Å². The van der Waals surface area contributed by atoms with Crippen LogP contribution in [0.15, 0.2) is 30.3 Å². The van der Waals surface area contributed by atoms with E-state index in [1.807, 2.05) is 6.07 Å². The summed E-state index contributed by atoms with van der Waals surface area (Å²) in [4.78, 5) is 4.76. The minimum absolute atomic E-state index is 0.206. The topological polar surface area (TPSA) is 61.9 Å². The van der Waals surface area contributed by atoms with E-state index in [0.29, 0.717) is 19.8 Å². The van der Waals surface area contributed by atoms with Crippen LogP contribution in [0.4, 0.5) is 5.69 Å². The molecule has 6 nitrogen and oxygen atoms in total. The van der Waals surface area contributed by atoms with E-state index in [0.717, 1.165) is 39.0 Å². The lowest BCUT2D eigenvalue weighted by Gasteiger charge is -2.39. The number of nitrogens with zero attached hydrogens (tertiary/aromatic N) is 2. The highest BCUT2D eigenvalue weighted by Gasteiger charge is 2.25. The second-order valence-corrected chi connectivity index (χ2v) is 9.24. The van der Waals surface area contributed by atoms with Crippen molar-refractivity contribution in [3.8, 4) is 0 Å². The number of rotatable bonds is 7. The smallest absolute Gasteiger partial charge is 0.211 e. The van der Waals surface area contributed by atoms with Crippen LogP contribution in [0.25, 0.3) is 0 Å². The molecular formula is C19H31N3O3S. The van der Waals surface area contributed by atoms with Crippen molar-refractivity contribution in [2.24, 2.45) is 5.92 Å². The minimum Gasteiger partial charge on any atom is -0.381 e. The molecule has 2 heterocycles. The van der Waals surface area contributed by atoms with Gasteiger partial charge in [-0.2, -0.15) is 0 Å². The van der Waals surface area contributed by atoms with Crippen LogP contribution in [0.2, 0.25) is 0 Å². The summed E-state index contributed by atoms with van der Waals surface area (Å²) in [5.74, 6) is 0.455. The first-order valence-electron chi connectivity index (χ1n) is 9.62. The molecule has 2 aliphatic heterocycles. The normalized spacial score (nSPS) is 21.7. The summed E-state index contributed by atoms with van der Waals surface area (Å²) in [7, 11) is -3.21. The van der Waals surface area contributed by atoms with Gasteiger partial charge >= 0.3 is 0 Å². The molecule has 1 N–H and O–H groups in total. The van der Waals surface area contributed by atoms with Crippen LogP contribution in [0.3, 0.4) is 0 Å². The summed E-state index contributed by atoms with van der Waals surface area (Å²) in [6, 6.07) is 10.7. The quantitative estimate of drug-likeness (QED) is 0.776. The van der Waals surface area contributed by atoms with Gasteiger partial charge in [-0.1, -0.05) is 18.2 Å². The number of benzene rings is 1. The highest BCUT2D eigenvalue weighted by molar-refractivity contribution is 7.89. The van der Waals surface area contributed by atoms with Crippen molar-refractivity contribution in [2.75, 3.05) is 56.6 Å². The van der Waals surface area contributed by atoms with Crippen molar-refractivity contribution in [1.29, 1.82) is 0 Å². The molecule has 0 bridgehead atoms. The van der Waals surface area contributed by atoms with Crippen LogP contribution < -0.4 is 9.62 Å². The summed E-state index contributed by atoms with van der Waals surface area (Å²) >= 11 is 0. The number of ether oxygens (including phenoxy) is 1. The Morgan fingerprint density at radius 3 is 2.42 bits per heavy atom. The fourth-order valence-corrected chi connectivity index (χ4v) is 5.29. The van der Waals surface area contributed by atoms with Crippen LogP contribution in [0.5, 0.6) is 0 Å². The highest BCUT2D eigenvalue weighted by Crippen LogP contribution is 2.18. The lowest BCUT2D eigenvalue weighted by Crippen LogP contribution is -2.52. The summed E-state index contributed by atoms with van der Waals surface area (Å²) in [6.45, 7) is 7.82. The SMILES string of the molecule is CC(CNS(=O)(=O)CC1CCOCC1)N1CCN(c2ccccc2)CC1. The molecule has 1 unspecified atom stereocenters. The Morgan fingerprint density at radius 1 is 1.12 bits per heavy atom. The fourth-order valence-electron chi connectivity index (χ4n) is 3.72. The Hall–Kier alpha value is -1.15. The molecule has 7 heteroatoms. The van der Waals surface area contributed by atoms with Crippen molar-refractivity contribution in [3.05, 3.63) is 30.3 Å². The van der Waals surface area contributed by atoms with Crippen LogP contribution >= 0.6 is 0 Å². The standard InChI is InChI=1S/C19H31N3O3S/c1-17(15-20-26(23,24)16-18-7-13-25-14-8-18)21-9-11-22(12-10-21)19-5-3-2-4-6-19/h2-6,17-18,20H,7-16H2,1H3. The van der Waals surface area contributed by atoms with Gasteiger partial charge in [0.25, 0.3) is 0 Å². The van der Waals surface area contributed by atoms with Gasteiger partial charge in [0.15, 0.2) is 0 Å². The van der Waals surface area contributed by atoms with E-state index in [1.165, 1.54) is 5.69 Å². The Morgan fingerprint density at radius 2 is 1.77 bits per heavy atom. The molecule has 146 valence electrons. The fraction of sp³-hybridized carbons (Fsp3) is 0.684. The molecule has 0 aromatic heterocycles. The maximum Gasteiger partial charge on any atom is 0.211 e. The van der Waals surface area contributed by atoms with Gasteiger partial charge in [0.05, 0.1) is 5.75 Å². The zero-order chi connectivity index (χ0) is 18.4.